The molecule has 1 unspecified atom stereocenters. The van der Waals surface area contributed by atoms with Gasteiger partial charge in [0.25, 0.3) is 0 Å². The van der Waals surface area contributed by atoms with Crippen LogP contribution in [0.5, 0.6) is 5.75 Å². The predicted molar refractivity (Wildman–Crippen MR) is 87.7 cm³/mol. The van der Waals surface area contributed by atoms with Crippen molar-refractivity contribution in [2.45, 2.75) is 44.6 Å². The Balaban J connectivity index is 2.61. The lowest BCUT2D eigenvalue weighted by molar-refractivity contribution is 0.146. The number of ether oxygens (including phenoxy) is 2. The third-order valence-corrected chi connectivity index (χ3v) is 4.83. The second-order valence-corrected chi connectivity index (χ2v) is 7.52. The molecule has 0 saturated carbocycles. The molecule has 0 spiro atoms. The Hall–Kier alpha value is -1.11. The summed E-state index contributed by atoms with van der Waals surface area (Å²) in [5, 5.41) is 0. The van der Waals surface area contributed by atoms with Gasteiger partial charge in [-0.25, -0.2) is 13.1 Å². The molecule has 0 amide bonds. The van der Waals surface area contributed by atoms with E-state index in [2.05, 4.69) is 18.6 Å². The first kappa shape index (κ1) is 18.9. The predicted octanol–water partition coefficient (Wildman–Crippen LogP) is 2.81. The summed E-state index contributed by atoms with van der Waals surface area (Å²) >= 11 is 0. The Labute approximate surface area is 134 Å². The van der Waals surface area contributed by atoms with Crippen molar-refractivity contribution in [1.82, 2.24) is 4.72 Å². The molecule has 126 valence electrons. The van der Waals surface area contributed by atoms with Gasteiger partial charge in [-0.1, -0.05) is 13.8 Å². The maximum absolute atomic E-state index is 12.3. The summed E-state index contributed by atoms with van der Waals surface area (Å²) in [5.41, 5.74) is 0. The molecular weight excluding hydrogens is 302 g/mol. The van der Waals surface area contributed by atoms with E-state index in [1.165, 1.54) is 0 Å². The van der Waals surface area contributed by atoms with Crippen LogP contribution in [0, 0.1) is 5.92 Å². The van der Waals surface area contributed by atoms with Crippen LogP contribution in [-0.4, -0.2) is 34.8 Å². The summed E-state index contributed by atoms with van der Waals surface area (Å²) in [5.74, 6) is 1.19. The third-order valence-electron chi connectivity index (χ3n) is 3.22. The van der Waals surface area contributed by atoms with Gasteiger partial charge in [0.2, 0.25) is 10.0 Å². The van der Waals surface area contributed by atoms with Crippen LogP contribution in [0.3, 0.4) is 0 Å². The summed E-state index contributed by atoms with van der Waals surface area (Å²) in [7, 11) is -1.88. The van der Waals surface area contributed by atoms with Gasteiger partial charge in [-0.2, -0.15) is 0 Å². The van der Waals surface area contributed by atoms with Gasteiger partial charge in [0.15, 0.2) is 0 Å². The van der Waals surface area contributed by atoms with E-state index in [1.54, 1.807) is 31.4 Å². The molecule has 0 aromatic heterocycles. The van der Waals surface area contributed by atoms with Crippen molar-refractivity contribution in [3.63, 3.8) is 0 Å². The highest BCUT2D eigenvalue weighted by molar-refractivity contribution is 7.89. The molecule has 0 fully saturated rings. The third kappa shape index (κ3) is 6.77. The molecule has 0 radical (unpaired) electrons. The van der Waals surface area contributed by atoms with Crippen LogP contribution in [0.25, 0.3) is 0 Å². The van der Waals surface area contributed by atoms with Crippen molar-refractivity contribution in [3.05, 3.63) is 24.3 Å². The summed E-state index contributed by atoms with van der Waals surface area (Å²) in [6.45, 7) is 7.08. The van der Waals surface area contributed by atoms with Crippen LogP contribution in [0.4, 0.5) is 0 Å². The van der Waals surface area contributed by atoms with E-state index in [0.717, 1.165) is 12.8 Å². The summed E-state index contributed by atoms with van der Waals surface area (Å²) in [4.78, 5) is 0.253. The normalized spacial score (nSPS) is 13.3. The summed E-state index contributed by atoms with van der Waals surface area (Å²) in [6, 6.07) is 6.34. The van der Waals surface area contributed by atoms with Crippen molar-refractivity contribution < 1.29 is 17.9 Å². The van der Waals surface area contributed by atoms with Gasteiger partial charge in [0.05, 0.1) is 11.5 Å². The fourth-order valence-corrected chi connectivity index (χ4v) is 3.21. The highest BCUT2D eigenvalue weighted by Crippen LogP contribution is 2.17. The zero-order chi connectivity index (χ0) is 16.6. The molecule has 0 heterocycles. The van der Waals surface area contributed by atoms with Crippen LogP contribution in [0.2, 0.25) is 0 Å². The Morgan fingerprint density at radius 1 is 1.05 bits per heavy atom. The van der Waals surface area contributed by atoms with Gasteiger partial charge in [0.1, 0.15) is 12.4 Å². The average Bonchev–Trinajstić information content (AvgIpc) is 2.45. The minimum absolute atomic E-state index is 0.0787. The Kier molecular flexibility index (Phi) is 7.85. The SMILES string of the molecule is COCCOc1ccc(S(=O)(=O)NC(C)CCC(C)C)cc1. The van der Waals surface area contributed by atoms with Gasteiger partial charge in [-0.15, -0.1) is 0 Å². The van der Waals surface area contributed by atoms with Gasteiger partial charge in [-0.3, -0.25) is 0 Å². The number of nitrogens with one attached hydrogen (secondary N) is 1. The fourth-order valence-electron chi connectivity index (χ4n) is 1.93. The van der Waals surface area contributed by atoms with Crippen molar-refractivity contribution in [2.75, 3.05) is 20.3 Å². The number of hydrogen-bond donors (Lipinski definition) is 1. The van der Waals surface area contributed by atoms with Crippen molar-refractivity contribution in [1.29, 1.82) is 0 Å². The number of methoxy groups -OCH3 is 1. The van der Waals surface area contributed by atoms with E-state index in [1.807, 2.05) is 6.92 Å². The van der Waals surface area contributed by atoms with Gasteiger partial charge in [0, 0.05) is 13.2 Å². The lowest BCUT2D eigenvalue weighted by atomic mass is 10.1. The molecule has 1 aromatic carbocycles. The van der Waals surface area contributed by atoms with Crippen LogP contribution in [0.15, 0.2) is 29.2 Å². The first-order valence-corrected chi connectivity index (χ1v) is 9.07. The quantitative estimate of drug-likeness (QED) is 0.670. The first-order chi connectivity index (χ1) is 10.3. The molecule has 0 saturated heterocycles. The Morgan fingerprint density at radius 2 is 1.68 bits per heavy atom. The van der Waals surface area contributed by atoms with E-state index in [4.69, 9.17) is 9.47 Å². The van der Waals surface area contributed by atoms with E-state index in [-0.39, 0.29) is 10.9 Å². The number of benzene rings is 1. The zero-order valence-electron chi connectivity index (χ0n) is 13.8. The molecular formula is C16H27NO4S. The fraction of sp³-hybridized carbons (Fsp3) is 0.625. The van der Waals surface area contributed by atoms with Crippen molar-refractivity contribution >= 4 is 10.0 Å². The van der Waals surface area contributed by atoms with E-state index in [0.29, 0.717) is 24.9 Å². The average molecular weight is 329 g/mol. The lowest BCUT2D eigenvalue weighted by Gasteiger charge is -2.15. The molecule has 0 aliphatic rings. The van der Waals surface area contributed by atoms with Gasteiger partial charge in [-0.05, 0) is 49.9 Å². The smallest absolute Gasteiger partial charge is 0.240 e. The van der Waals surface area contributed by atoms with E-state index >= 15 is 0 Å². The van der Waals surface area contributed by atoms with Crippen molar-refractivity contribution in [2.24, 2.45) is 5.92 Å². The Morgan fingerprint density at radius 3 is 2.23 bits per heavy atom. The van der Waals surface area contributed by atoms with E-state index in [9.17, 15) is 8.42 Å². The zero-order valence-corrected chi connectivity index (χ0v) is 14.7. The Bertz CT molecular complexity index is 526. The van der Waals surface area contributed by atoms with Crippen LogP contribution in [0.1, 0.15) is 33.6 Å². The highest BCUT2D eigenvalue weighted by atomic mass is 32.2. The molecule has 1 atom stereocenters. The number of sulfonamides is 1. The maximum atomic E-state index is 12.3. The van der Waals surface area contributed by atoms with Gasteiger partial charge >= 0.3 is 0 Å². The molecule has 0 aliphatic heterocycles. The second kappa shape index (κ2) is 9.12. The number of hydrogen-bond acceptors (Lipinski definition) is 4. The summed E-state index contributed by atoms with van der Waals surface area (Å²) < 4.78 is 37.6. The lowest BCUT2D eigenvalue weighted by Crippen LogP contribution is -2.32. The monoisotopic (exact) mass is 329 g/mol. The van der Waals surface area contributed by atoms with Crippen LogP contribution in [-0.2, 0) is 14.8 Å². The largest absolute Gasteiger partial charge is 0.491 e. The molecule has 6 heteroatoms. The minimum atomic E-state index is -3.48. The highest BCUT2D eigenvalue weighted by Gasteiger charge is 2.17. The topological polar surface area (TPSA) is 64.6 Å². The first-order valence-electron chi connectivity index (χ1n) is 7.59. The molecule has 1 N–H and O–H groups in total. The molecule has 1 rings (SSSR count). The number of rotatable bonds is 10. The van der Waals surface area contributed by atoms with Crippen LogP contribution < -0.4 is 9.46 Å². The summed E-state index contributed by atoms with van der Waals surface area (Å²) in [6.07, 6.45) is 1.82. The second-order valence-electron chi connectivity index (χ2n) is 5.81. The van der Waals surface area contributed by atoms with Gasteiger partial charge < -0.3 is 9.47 Å². The van der Waals surface area contributed by atoms with Crippen molar-refractivity contribution in [3.8, 4) is 5.75 Å². The van der Waals surface area contributed by atoms with Crippen LogP contribution >= 0.6 is 0 Å². The standard InChI is InChI=1S/C16H27NO4S/c1-13(2)5-6-14(3)17-22(18,19)16-9-7-15(8-10-16)21-12-11-20-4/h7-10,13-14,17H,5-6,11-12H2,1-4H3. The molecule has 1 aromatic rings. The molecule has 5 nitrogen and oxygen atoms in total. The maximum Gasteiger partial charge on any atom is 0.240 e. The minimum Gasteiger partial charge on any atom is -0.491 e. The molecule has 0 bridgehead atoms. The molecule has 22 heavy (non-hydrogen) atoms. The van der Waals surface area contributed by atoms with E-state index < -0.39 is 10.0 Å². The molecule has 0 aliphatic carbocycles.